The van der Waals surface area contributed by atoms with Crippen molar-refractivity contribution in [2.75, 3.05) is 13.2 Å². The molecule has 2 rings (SSSR count). The topological polar surface area (TPSA) is 35.2 Å². The van der Waals surface area contributed by atoms with Crippen molar-refractivity contribution >= 4 is 11.6 Å². The fourth-order valence-electron chi connectivity index (χ4n) is 1.98. The van der Waals surface area contributed by atoms with Gasteiger partial charge in [0.15, 0.2) is 0 Å². The van der Waals surface area contributed by atoms with Crippen molar-refractivity contribution in [3.8, 4) is 0 Å². The summed E-state index contributed by atoms with van der Waals surface area (Å²) in [6.07, 6.45) is 1.06. The number of rotatable bonds is 2. The Morgan fingerprint density at radius 2 is 2.33 bits per heavy atom. The molecule has 1 aromatic rings. The third-order valence-electron chi connectivity index (χ3n) is 3.04. The number of nitrogens with two attached hydrogens (primary N) is 1. The van der Waals surface area contributed by atoms with Crippen LogP contribution < -0.4 is 5.73 Å². The summed E-state index contributed by atoms with van der Waals surface area (Å²) in [6.45, 7) is 3.62. The molecule has 1 aromatic carbocycles. The van der Waals surface area contributed by atoms with Gasteiger partial charge in [-0.25, -0.2) is 0 Å². The summed E-state index contributed by atoms with van der Waals surface area (Å²) < 4.78 is 5.35. The van der Waals surface area contributed by atoms with Crippen molar-refractivity contribution < 1.29 is 4.74 Å². The van der Waals surface area contributed by atoms with Crippen molar-refractivity contribution in [1.82, 2.24) is 0 Å². The van der Waals surface area contributed by atoms with Gasteiger partial charge in [0.2, 0.25) is 0 Å². The second-order valence-electron chi connectivity index (χ2n) is 4.16. The molecule has 1 aliphatic heterocycles. The summed E-state index contributed by atoms with van der Waals surface area (Å²) >= 11 is 5.98. The maximum absolute atomic E-state index is 6.20. The van der Waals surface area contributed by atoms with Gasteiger partial charge in [0.25, 0.3) is 0 Å². The van der Waals surface area contributed by atoms with Crippen molar-refractivity contribution in [1.29, 1.82) is 0 Å². The van der Waals surface area contributed by atoms with Gasteiger partial charge in [-0.1, -0.05) is 23.7 Å². The Morgan fingerprint density at radius 3 is 2.93 bits per heavy atom. The van der Waals surface area contributed by atoms with Gasteiger partial charge in [-0.2, -0.15) is 0 Å². The molecule has 15 heavy (non-hydrogen) atoms. The van der Waals surface area contributed by atoms with E-state index in [1.807, 2.05) is 19.1 Å². The van der Waals surface area contributed by atoms with Crippen LogP contribution in [0.15, 0.2) is 18.2 Å². The molecule has 2 atom stereocenters. The Balaban J connectivity index is 2.17. The molecule has 82 valence electrons. The highest BCUT2D eigenvalue weighted by molar-refractivity contribution is 6.31. The lowest BCUT2D eigenvalue weighted by Crippen LogP contribution is -2.21. The second-order valence-corrected chi connectivity index (χ2v) is 4.57. The van der Waals surface area contributed by atoms with Gasteiger partial charge >= 0.3 is 0 Å². The van der Waals surface area contributed by atoms with Gasteiger partial charge in [0.05, 0.1) is 6.61 Å². The van der Waals surface area contributed by atoms with Crippen molar-refractivity contribution in [2.24, 2.45) is 11.7 Å². The number of halogens is 1. The Bertz CT molecular complexity index is 347. The predicted octanol–water partition coefficient (Wildman–Crippen LogP) is 2.68. The Hall–Kier alpha value is -0.570. The zero-order valence-corrected chi connectivity index (χ0v) is 9.63. The first-order valence-corrected chi connectivity index (χ1v) is 5.65. The molecule has 1 heterocycles. The third-order valence-corrected chi connectivity index (χ3v) is 3.46. The Labute approximate surface area is 95.4 Å². The molecule has 0 spiro atoms. The van der Waals surface area contributed by atoms with E-state index >= 15 is 0 Å². The maximum Gasteiger partial charge on any atom is 0.0513 e. The van der Waals surface area contributed by atoms with Gasteiger partial charge in [-0.15, -0.1) is 0 Å². The van der Waals surface area contributed by atoms with Crippen LogP contribution in [-0.4, -0.2) is 13.2 Å². The minimum absolute atomic E-state index is 0.0727. The average Bonchev–Trinajstić information content (AvgIpc) is 2.74. The minimum Gasteiger partial charge on any atom is -0.381 e. The fourth-order valence-corrected chi connectivity index (χ4v) is 2.10. The van der Waals surface area contributed by atoms with Crippen LogP contribution >= 0.6 is 11.6 Å². The monoisotopic (exact) mass is 225 g/mol. The molecular weight excluding hydrogens is 210 g/mol. The van der Waals surface area contributed by atoms with Gasteiger partial charge in [-0.05, 0) is 30.5 Å². The summed E-state index contributed by atoms with van der Waals surface area (Å²) in [4.78, 5) is 0. The first-order valence-electron chi connectivity index (χ1n) is 5.28. The van der Waals surface area contributed by atoms with Crippen LogP contribution in [0, 0.1) is 12.8 Å². The molecule has 0 aliphatic carbocycles. The lowest BCUT2D eigenvalue weighted by atomic mass is 9.92. The maximum atomic E-state index is 6.20. The molecule has 2 N–H and O–H groups in total. The van der Waals surface area contributed by atoms with Crippen LogP contribution in [0.4, 0.5) is 0 Å². The van der Waals surface area contributed by atoms with E-state index in [1.54, 1.807) is 0 Å². The predicted molar refractivity (Wildman–Crippen MR) is 62.0 cm³/mol. The first kappa shape index (κ1) is 10.9. The van der Waals surface area contributed by atoms with E-state index in [4.69, 9.17) is 22.1 Å². The summed E-state index contributed by atoms with van der Waals surface area (Å²) in [7, 11) is 0. The van der Waals surface area contributed by atoms with Crippen LogP contribution in [0.1, 0.15) is 23.6 Å². The molecule has 0 amide bonds. The molecule has 0 bridgehead atoms. The molecule has 0 saturated carbocycles. The van der Waals surface area contributed by atoms with E-state index in [0.29, 0.717) is 5.92 Å². The van der Waals surface area contributed by atoms with Gasteiger partial charge in [0.1, 0.15) is 0 Å². The lowest BCUT2D eigenvalue weighted by Gasteiger charge is -2.18. The third kappa shape index (κ3) is 2.33. The highest BCUT2D eigenvalue weighted by atomic mass is 35.5. The van der Waals surface area contributed by atoms with E-state index in [0.717, 1.165) is 35.8 Å². The normalized spacial score (nSPS) is 23.0. The average molecular weight is 226 g/mol. The van der Waals surface area contributed by atoms with E-state index in [-0.39, 0.29) is 6.04 Å². The van der Waals surface area contributed by atoms with Gasteiger partial charge < -0.3 is 10.5 Å². The Morgan fingerprint density at radius 1 is 1.53 bits per heavy atom. The number of hydrogen-bond acceptors (Lipinski definition) is 2. The summed E-state index contributed by atoms with van der Waals surface area (Å²) in [6, 6.07) is 6.08. The van der Waals surface area contributed by atoms with E-state index < -0.39 is 0 Å². The molecule has 1 aliphatic rings. The number of ether oxygens (including phenoxy) is 1. The number of hydrogen-bond donors (Lipinski definition) is 1. The minimum atomic E-state index is 0.0727. The van der Waals surface area contributed by atoms with Crippen LogP contribution in [0.2, 0.25) is 5.02 Å². The largest absolute Gasteiger partial charge is 0.381 e. The highest BCUT2D eigenvalue weighted by Gasteiger charge is 2.24. The molecular formula is C12H16ClNO. The smallest absolute Gasteiger partial charge is 0.0513 e. The molecule has 2 unspecified atom stereocenters. The van der Waals surface area contributed by atoms with Gasteiger partial charge in [-0.3, -0.25) is 0 Å². The van der Waals surface area contributed by atoms with Gasteiger partial charge in [0, 0.05) is 23.6 Å². The first-order chi connectivity index (χ1) is 7.18. The second kappa shape index (κ2) is 4.52. The quantitative estimate of drug-likeness (QED) is 0.840. The van der Waals surface area contributed by atoms with Crippen molar-refractivity contribution in [3.63, 3.8) is 0 Å². The molecule has 3 heteroatoms. The SMILES string of the molecule is Cc1cc(C(N)C2CCOC2)ccc1Cl. The summed E-state index contributed by atoms with van der Waals surface area (Å²) in [5.41, 5.74) is 8.44. The van der Waals surface area contributed by atoms with Crippen LogP contribution in [-0.2, 0) is 4.74 Å². The van der Waals surface area contributed by atoms with Crippen LogP contribution in [0.3, 0.4) is 0 Å². The molecule has 2 nitrogen and oxygen atoms in total. The van der Waals surface area contributed by atoms with E-state index in [9.17, 15) is 0 Å². The highest BCUT2D eigenvalue weighted by Crippen LogP contribution is 2.28. The molecule has 1 saturated heterocycles. The van der Waals surface area contributed by atoms with E-state index in [2.05, 4.69) is 6.07 Å². The van der Waals surface area contributed by atoms with Crippen molar-refractivity contribution in [2.45, 2.75) is 19.4 Å². The molecule has 1 fully saturated rings. The van der Waals surface area contributed by atoms with Crippen molar-refractivity contribution in [3.05, 3.63) is 34.3 Å². The molecule has 0 radical (unpaired) electrons. The van der Waals surface area contributed by atoms with E-state index in [1.165, 1.54) is 0 Å². The lowest BCUT2D eigenvalue weighted by molar-refractivity contribution is 0.181. The van der Waals surface area contributed by atoms with Crippen LogP contribution in [0.5, 0.6) is 0 Å². The number of aryl methyl sites for hydroxylation is 1. The molecule has 0 aromatic heterocycles. The summed E-state index contributed by atoms with van der Waals surface area (Å²) in [5.74, 6) is 0.450. The van der Waals surface area contributed by atoms with Crippen LogP contribution in [0.25, 0.3) is 0 Å². The zero-order valence-electron chi connectivity index (χ0n) is 8.87. The number of benzene rings is 1. The Kier molecular flexibility index (Phi) is 3.29. The fraction of sp³-hybridized carbons (Fsp3) is 0.500. The summed E-state index contributed by atoms with van der Waals surface area (Å²) in [5, 5.41) is 0.800. The zero-order chi connectivity index (χ0) is 10.8. The standard InChI is InChI=1S/C12H16ClNO/c1-8-6-9(2-3-11(8)13)12(14)10-4-5-15-7-10/h2-3,6,10,12H,4-5,7,14H2,1H3.